The highest BCUT2D eigenvalue weighted by molar-refractivity contribution is 6.06. The van der Waals surface area contributed by atoms with E-state index in [0.29, 0.717) is 6.54 Å². The molecule has 2 aliphatic heterocycles. The van der Waals surface area contributed by atoms with Gasteiger partial charge in [-0.3, -0.25) is 19.8 Å². The topological polar surface area (TPSA) is 126 Å². The fourth-order valence-corrected chi connectivity index (χ4v) is 3.68. The molecule has 2 fully saturated rings. The van der Waals surface area contributed by atoms with Crippen LogP contribution in [0.5, 0.6) is 0 Å². The SMILES string of the molecule is C=CC1OC(C=C)C2C(=O)N(CCNC(=O)NC(N)=NCc3ccccc3)C(=O)C12. The molecule has 0 aromatic heterocycles. The molecule has 4 N–H and O–H groups in total. The fraction of sp³-hybridized carbons (Fsp3) is 0.333. The Morgan fingerprint density at radius 1 is 1.13 bits per heavy atom. The molecule has 4 amide bonds. The molecule has 4 atom stereocenters. The van der Waals surface area contributed by atoms with Crippen molar-refractivity contribution < 1.29 is 19.1 Å². The Morgan fingerprint density at radius 3 is 2.30 bits per heavy atom. The predicted octanol–water partition coefficient (Wildman–Crippen LogP) is 0.541. The predicted molar refractivity (Wildman–Crippen MR) is 111 cm³/mol. The lowest BCUT2D eigenvalue weighted by molar-refractivity contribution is -0.142. The molecule has 158 valence electrons. The number of carbonyl (C=O) groups excluding carboxylic acids is 3. The summed E-state index contributed by atoms with van der Waals surface area (Å²) in [6.07, 6.45) is 1.99. The van der Waals surface area contributed by atoms with Crippen LogP contribution in [0.1, 0.15) is 5.56 Å². The van der Waals surface area contributed by atoms with Crippen molar-refractivity contribution in [1.29, 1.82) is 0 Å². The van der Waals surface area contributed by atoms with Gasteiger partial charge in [-0.2, -0.15) is 0 Å². The number of urea groups is 1. The van der Waals surface area contributed by atoms with Crippen LogP contribution in [-0.2, 0) is 20.9 Å². The lowest BCUT2D eigenvalue weighted by Gasteiger charge is -2.19. The van der Waals surface area contributed by atoms with Gasteiger partial charge < -0.3 is 15.8 Å². The number of nitrogens with two attached hydrogens (primary N) is 1. The highest BCUT2D eigenvalue weighted by atomic mass is 16.5. The van der Waals surface area contributed by atoms with Crippen LogP contribution in [0.25, 0.3) is 0 Å². The van der Waals surface area contributed by atoms with Crippen LogP contribution in [-0.4, -0.2) is 54.0 Å². The lowest BCUT2D eigenvalue weighted by Crippen LogP contribution is -2.46. The van der Waals surface area contributed by atoms with Crippen LogP contribution < -0.4 is 16.4 Å². The highest BCUT2D eigenvalue weighted by Crippen LogP contribution is 2.41. The molecule has 2 heterocycles. The molecular weight excluding hydrogens is 386 g/mol. The Labute approximate surface area is 174 Å². The molecule has 1 aromatic carbocycles. The van der Waals surface area contributed by atoms with Crippen LogP contribution in [0, 0.1) is 11.8 Å². The Morgan fingerprint density at radius 2 is 1.73 bits per heavy atom. The summed E-state index contributed by atoms with van der Waals surface area (Å²) in [5.74, 6) is -1.89. The molecule has 4 unspecified atom stereocenters. The molecule has 2 aliphatic rings. The summed E-state index contributed by atoms with van der Waals surface area (Å²) in [6, 6.07) is 8.89. The number of aliphatic imine (C=N–C) groups is 1. The number of nitrogens with one attached hydrogen (secondary N) is 2. The van der Waals surface area contributed by atoms with Crippen molar-refractivity contribution in [1.82, 2.24) is 15.5 Å². The van der Waals surface area contributed by atoms with Crippen LogP contribution in [0.2, 0.25) is 0 Å². The smallest absolute Gasteiger partial charge is 0.321 e. The van der Waals surface area contributed by atoms with E-state index in [0.717, 1.165) is 10.5 Å². The molecule has 30 heavy (non-hydrogen) atoms. The Kier molecular flexibility index (Phi) is 6.63. The van der Waals surface area contributed by atoms with Crippen LogP contribution in [0.3, 0.4) is 0 Å². The minimum absolute atomic E-state index is 0.0287. The van der Waals surface area contributed by atoms with Gasteiger partial charge in [0, 0.05) is 13.1 Å². The second kappa shape index (κ2) is 9.36. The molecule has 0 saturated carbocycles. The summed E-state index contributed by atoms with van der Waals surface area (Å²) >= 11 is 0. The van der Waals surface area contributed by atoms with Crippen LogP contribution in [0.15, 0.2) is 60.6 Å². The van der Waals surface area contributed by atoms with Crippen molar-refractivity contribution in [3.63, 3.8) is 0 Å². The second-order valence-corrected chi connectivity index (χ2v) is 6.98. The monoisotopic (exact) mass is 411 g/mol. The number of hydrogen-bond donors (Lipinski definition) is 3. The van der Waals surface area contributed by atoms with E-state index in [9.17, 15) is 14.4 Å². The standard InChI is InChI=1S/C21H25N5O4/c1-3-14-16-17(15(4-2)30-14)19(28)26(18(16)27)11-10-23-21(29)25-20(22)24-12-13-8-6-5-7-9-13/h3-9,14-17H,1-2,10-12H2,(H4,22,23,24,25,29). The summed E-state index contributed by atoms with van der Waals surface area (Å²) in [6.45, 7) is 7.81. The van der Waals surface area contributed by atoms with E-state index in [1.165, 1.54) is 12.2 Å². The maximum atomic E-state index is 12.7. The number of nitrogens with zero attached hydrogens (tertiary/aromatic N) is 2. The van der Waals surface area contributed by atoms with Gasteiger partial charge in [-0.05, 0) is 5.56 Å². The van der Waals surface area contributed by atoms with Crippen molar-refractivity contribution >= 4 is 23.8 Å². The van der Waals surface area contributed by atoms with E-state index < -0.39 is 30.1 Å². The maximum Gasteiger partial charge on any atom is 0.321 e. The van der Waals surface area contributed by atoms with Gasteiger partial charge in [-0.15, -0.1) is 13.2 Å². The van der Waals surface area contributed by atoms with Gasteiger partial charge in [0.2, 0.25) is 11.8 Å². The third-order valence-corrected chi connectivity index (χ3v) is 5.11. The third-order valence-electron chi connectivity index (χ3n) is 5.11. The molecular formula is C21H25N5O4. The van der Waals surface area contributed by atoms with Crippen LogP contribution in [0.4, 0.5) is 4.79 Å². The molecule has 0 spiro atoms. The second-order valence-electron chi connectivity index (χ2n) is 6.98. The van der Waals surface area contributed by atoms with E-state index in [1.807, 2.05) is 30.3 Å². The van der Waals surface area contributed by atoms with Gasteiger partial charge >= 0.3 is 6.03 Å². The van der Waals surface area contributed by atoms with E-state index in [-0.39, 0.29) is 30.9 Å². The van der Waals surface area contributed by atoms with Crippen molar-refractivity contribution in [3.05, 3.63) is 61.2 Å². The number of rotatable bonds is 7. The van der Waals surface area contributed by atoms with Crippen molar-refractivity contribution in [2.24, 2.45) is 22.6 Å². The zero-order chi connectivity index (χ0) is 21.7. The Hall–Kier alpha value is -3.46. The summed E-state index contributed by atoms with van der Waals surface area (Å²) in [7, 11) is 0. The summed E-state index contributed by atoms with van der Waals surface area (Å²) in [4.78, 5) is 42.6. The Bertz CT molecular complexity index is 837. The van der Waals surface area contributed by atoms with Gasteiger partial charge in [0.05, 0.1) is 30.6 Å². The molecule has 9 heteroatoms. The lowest BCUT2D eigenvalue weighted by atomic mass is 9.89. The zero-order valence-corrected chi connectivity index (χ0v) is 16.5. The molecule has 3 rings (SSSR count). The number of hydrogen-bond acceptors (Lipinski definition) is 5. The zero-order valence-electron chi connectivity index (χ0n) is 16.5. The first-order chi connectivity index (χ1) is 14.5. The normalized spacial score (nSPS) is 25.7. The minimum atomic E-state index is -0.604. The number of amides is 4. The first kappa shape index (κ1) is 21.3. The number of fused-ring (bicyclic) bond motifs is 1. The minimum Gasteiger partial charge on any atom is -0.370 e. The van der Waals surface area contributed by atoms with E-state index in [4.69, 9.17) is 10.5 Å². The van der Waals surface area contributed by atoms with E-state index >= 15 is 0 Å². The molecule has 9 nitrogen and oxygen atoms in total. The molecule has 1 aromatic rings. The Balaban J connectivity index is 1.48. The van der Waals surface area contributed by atoms with Crippen molar-refractivity contribution in [2.45, 2.75) is 18.8 Å². The highest BCUT2D eigenvalue weighted by Gasteiger charge is 2.58. The van der Waals surface area contributed by atoms with Gasteiger partial charge in [0.1, 0.15) is 0 Å². The molecule has 2 saturated heterocycles. The van der Waals surface area contributed by atoms with Crippen LogP contribution >= 0.6 is 0 Å². The number of carbonyl (C=O) groups is 3. The quantitative estimate of drug-likeness (QED) is 0.261. The number of ether oxygens (including phenoxy) is 1. The average molecular weight is 411 g/mol. The van der Waals surface area contributed by atoms with Gasteiger partial charge in [-0.25, -0.2) is 9.79 Å². The fourth-order valence-electron chi connectivity index (χ4n) is 3.68. The van der Waals surface area contributed by atoms with E-state index in [2.05, 4.69) is 28.8 Å². The summed E-state index contributed by atoms with van der Waals surface area (Å²) in [5.41, 5.74) is 6.67. The van der Waals surface area contributed by atoms with Gasteiger partial charge in [0.25, 0.3) is 0 Å². The number of guanidine groups is 1. The van der Waals surface area contributed by atoms with E-state index in [1.54, 1.807) is 0 Å². The molecule has 0 aliphatic carbocycles. The molecule has 0 radical (unpaired) electrons. The van der Waals surface area contributed by atoms with Crippen molar-refractivity contribution in [3.8, 4) is 0 Å². The number of benzene rings is 1. The average Bonchev–Trinajstić information content (AvgIpc) is 3.24. The van der Waals surface area contributed by atoms with Crippen molar-refractivity contribution in [2.75, 3.05) is 13.1 Å². The largest absolute Gasteiger partial charge is 0.370 e. The summed E-state index contributed by atoms with van der Waals surface area (Å²) < 4.78 is 5.65. The number of imide groups is 1. The maximum absolute atomic E-state index is 12.7. The third kappa shape index (κ3) is 4.41. The summed E-state index contributed by atoms with van der Waals surface area (Å²) in [5, 5.41) is 4.98. The van der Waals surface area contributed by atoms with Gasteiger partial charge in [0.15, 0.2) is 5.96 Å². The first-order valence-electron chi connectivity index (χ1n) is 9.60. The number of likely N-dealkylation sites (tertiary alicyclic amines) is 1. The van der Waals surface area contributed by atoms with Gasteiger partial charge in [-0.1, -0.05) is 42.5 Å². The molecule has 0 bridgehead atoms. The first-order valence-corrected chi connectivity index (χ1v) is 9.60.